The predicted molar refractivity (Wildman–Crippen MR) is 63.1 cm³/mol. The van der Waals surface area contributed by atoms with Gasteiger partial charge < -0.3 is 11.1 Å². The number of pyridine rings is 1. The van der Waals surface area contributed by atoms with Crippen LogP contribution >= 0.6 is 0 Å². The average molecular weight is 259 g/mol. The van der Waals surface area contributed by atoms with E-state index in [1.54, 1.807) is 0 Å². The first-order chi connectivity index (χ1) is 8.47. The van der Waals surface area contributed by atoms with Gasteiger partial charge >= 0.3 is 6.18 Å². The second-order valence-corrected chi connectivity index (χ2v) is 4.71. The van der Waals surface area contributed by atoms with Gasteiger partial charge in [-0.2, -0.15) is 13.2 Å². The largest absolute Gasteiger partial charge is 0.419 e. The molecule has 2 rings (SSSR count). The first-order valence-electron chi connectivity index (χ1n) is 5.97. The molecule has 0 aromatic carbocycles. The molecule has 1 aliphatic rings. The molecule has 3 N–H and O–H groups in total. The minimum atomic E-state index is -4.40. The van der Waals surface area contributed by atoms with E-state index in [0.717, 1.165) is 31.7 Å². The van der Waals surface area contributed by atoms with Crippen LogP contribution in [0.3, 0.4) is 0 Å². The van der Waals surface area contributed by atoms with Crippen molar-refractivity contribution in [3.8, 4) is 0 Å². The fourth-order valence-electron chi connectivity index (χ4n) is 2.42. The van der Waals surface area contributed by atoms with Crippen molar-refractivity contribution in [2.24, 2.45) is 5.73 Å². The highest BCUT2D eigenvalue weighted by Crippen LogP contribution is 2.37. The Hall–Kier alpha value is -1.30. The molecule has 0 bridgehead atoms. The number of rotatable bonds is 3. The van der Waals surface area contributed by atoms with Crippen molar-refractivity contribution in [2.45, 2.75) is 37.4 Å². The van der Waals surface area contributed by atoms with E-state index in [9.17, 15) is 13.2 Å². The SMILES string of the molecule is NCC1(Nc2ncccc2C(F)(F)F)CCCC1. The molecule has 100 valence electrons. The Balaban J connectivity index is 2.29. The molecule has 6 heteroatoms. The van der Waals surface area contributed by atoms with Crippen LogP contribution in [0.4, 0.5) is 19.0 Å². The van der Waals surface area contributed by atoms with Gasteiger partial charge in [-0.15, -0.1) is 0 Å². The van der Waals surface area contributed by atoms with E-state index >= 15 is 0 Å². The molecule has 0 atom stereocenters. The third-order valence-electron chi connectivity index (χ3n) is 3.45. The predicted octanol–water partition coefficient (Wildman–Crippen LogP) is 2.78. The lowest BCUT2D eigenvalue weighted by atomic mass is 9.97. The number of nitrogens with zero attached hydrogens (tertiary/aromatic N) is 1. The van der Waals surface area contributed by atoms with Crippen LogP contribution in [-0.2, 0) is 6.18 Å². The number of alkyl halides is 3. The third kappa shape index (κ3) is 2.58. The summed E-state index contributed by atoms with van der Waals surface area (Å²) in [6.45, 7) is 0.320. The van der Waals surface area contributed by atoms with Gasteiger partial charge in [0.25, 0.3) is 0 Å². The molecule has 1 fully saturated rings. The Kier molecular flexibility index (Phi) is 3.47. The second kappa shape index (κ2) is 4.76. The zero-order chi connectivity index (χ0) is 13.2. The minimum Gasteiger partial charge on any atom is -0.363 e. The number of hydrogen-bond donors (Lipinski definition) is 2. The zero-order valence-corrected chi connectivity index (χ0v) is 9.93. The molecule has 1 aromatic rings. The van der Waals surface area contributed by atoms with Crippen LogP contribution in [0.25, 0.3) is 0 Å². The molecular weight excluding hydrogens is 243 g/mol. The van der Waals surface area contributed by atoms with Crippen molar-refractivity contribution < 1.29 is 13.2 Å². The van der Waals surface area contributed by atoms with Crippen LogP contribution in [-0.4, -0.2) is 17.1 Å². The van der Waals surface area contributed by atoms with Crippen LogP contribution in [0.1, 0.15) is 31.2 Å². The van der Waals surface area contributed by atoms with Crippen molar-refractivity contribution in [3.63, 3.8) is 0 Å². The summed E-state index contributed by atoms with van der Waals surface area (Å²) in [5.74, 6) is -0.114. The van der Waals surface area contributed by atoms with E-state index < -0.39 is 17.3 Å². The molecule has 18 heavy (non-hydrogen) atoms. The van der Waals surface area contributed by atoms with Gasteiger partial charge in [-0.1, -0.05) is 12.8 Å². The molecule has 0 unspecified atom stereocenters. The van der Waals surface area contributed by atoms with E-state index in [-0.39, 0.29) is 5.82 Å². The fraction of sp³-hybridized carbons (Fsp3) is 0.583. The molecule has 0 saturated heterocycles. The number of nitrogens with one attached hydrogen (secondary N) is 1. The molecule has 0 spiro atoms. The Labute approximate surface area is 104 Å². The van der Waals surface area contributed by atoms with Crippen molar-refractivity contribution in [3.05, 3.63) is 23.9 Å². The van der Waals surface area contributed by atoms with E-state index in [4.69, 9.17) is 5.73 Å². The summed E-state index contributed by atoms with van der Waals surface area (Å²) in [4.78, 5) is 3.81. The standard InChI is InChI=1S/C12H16F3N3/c13-12(14,15)9-4-3-7-17-10(9)18-11(8-16)5-1-2-6-11/h3-4,7H,1-2,5-6,8,16H2,(H,17,18). The Morgan fingerprint density at radius 3 is 2.56 bits per heavy atom. The highest BCUT2D eigenvalue weighted by Gasteiger charge is 2.38. The van der Waals surface area contributed by atoms with Gasteiger partial charge in [-0.05, 0) is 25.0 Å². The summed E-state index contributed by atoms with van der Waals surface area (Å²) in [6, 6.07) is 2.33. The minimum absolute atomic E-state index is 0.114. The molecule has 1 aromatic heterocycles. The lowest BCUT2D eigenvalue weighted by Gasteiger charge is -2.30. The molecule has 1 saturated carbocycles. The maximum Gasteiger partial charge on any atom is 0.419 e. The van der Waals surface area contributed by atoms with E-state index in [1.807, 2.05) is 0 Å². The first-order valence-corrected chi connectivity index (χ1v) is 5.97. The number of aromatic nitrogens is 1. The van der Waals surface area contributed by atoms with Crippen molar-refractivity contribution in [1.29, 1.82) is 0 Å². The molecule has 3 nitrogen and oxygen atoms in total. The van der Waals surface area contributed by atoms with Gasteiger partial charge in [0.05, 0.1) is 11.1 Å². The topological polar surface area (TPSA) is 50.9 Å². The number of nitrogens with two attached hydrogens (primary N) is 1. The van der Waals surface area contributed by atoms with Gasteiger partial charge in [0.2, 0.25) is 0 Å². The van der Waals surface area contributed by atoms with Gasteiger partial charge in [0.15, 0.2) is 0 Å². The summed E-state index contributed by atoms with van der Waals surface area (Å²) >= 11 is 0. The normalized spacial score (nSPS) is 18.9. The quantitative estimate of drug-likeness (QED) is 0.877. The van der Waals surface area contributed by atoms with Crippen molar-refractivity contribution >= 4 is 5.82 Å². The van der Waals surface area contributed by atoms with Crippen LogP contribution in [0.15, 0.2) is 18.3 Å². The Morgan fingerprint density at radius 1 is 1.33 bits per heavy atom. The lowest BCUT2D eigenvalue weighted by molar-refractivity contribution is -0.137. The zero-order valence-electron chi connectivity index (χ0n) is 9.93. The first kappa shape index (κ1) is 13.1. The fourth-order valence-corrected chi connectivity index (χ4v) is 2.42. The van der Waals surface area contributed by atoms with Crippen LogP contribution < -0.4 is 11.1 Å². The van der Waals surface area contributed by atoms with Crippen LogP contribution in [0.2, 0.25) is 0 Å². The summed E-state index contributed by atoms with van der Waals surface area (Å²) in [7, 11) is 0. The third-order valence-corrected chi connectivity index (χ3v) is 3.45. The number of halogens is 3. The Bertz CT molecular complexity index is 411. The smallest absolute Gasteiger partial charge is 0.363 e. The highest BCUT2D eigenvalue weighted by molar-refractivity contribution is 5.48. The monoisotopic (exact) mass is 259 g/mol. The van der Waals surface area contributed by atoms with Gasteiger partial charge in [0, 0.05) is 12.7 Å². The van der Waals surface area contributed by atoms with Crippen molar-refractivity contribution in [1.82, 2.24) is 4.98 Å². The summed E-state index contributed by atoms with van der Waals surface area (Å²) in [6.07, 6.45) is 0.507. The number of hydrogen-bond acceptors (Lipinski definition) is 3. The molecule has 0 radical (unpaired) electrons. The second-order valence-electron chi connectivity index (χ2n) is 4.71. The van der Waals surface area contributed by atoms with Crippen molar-refractivity contribution in [2.75, 3.05) is 11.9 Å². The maximum absolute atomic E-state index is 12.8. The molecular formula is C12H16F3N3. The summed E-state index contributed by atoms with van der Waals surface area (Å²) in [5.41, 5.74) is 4.54. The summed E-state index contributed by atoms with van der Waals surface area (Å²) in [5, 5.41) is 2.92. The number of anilines is 1. The van der Waals surface area contributed by atoms with E-state index in [0.29, 0.717) is 6.54 Å². The van der Waals surface area contributed by atoms with Crippen LogP contribution in [0, 0.1) is 0 Å². The van der Waals surface area contributed by atoms with Gasteiger partial charge in [-0.3, -0.25) is 0 Å². The van der Waals surface area contributed by atoms with Gasteiger partial charge in [0.1, 0.15) is 5.82 Å². The average Bonchev–Trinajstić information content (AvgIpc) is 2.78. The summed E-state index contributed by atoms with van der Waals surface area (Å²) < 4.78 is 38.5. The van der Waals surface area contributed by atoms with Crippen LogP contribution in [0.5, 0.6) is 0 Å². The lowest BCUT2D eigenvalue weighted by Crippen LogP contribution is -2.43. The maximum atomic E-state index is 12.8. The van der Waals surface area contributed by atoms with E-state index in [1.165, 1.54) is 12.3 Å². The Morgan fingerprint density at radius 2 is 2.00 bits per heavy atom. The van der Waals surface area contributed by atoms with E-state index in [2.05, 4.69) is 10.3 Å². The molecule has 0 aliphatic heterocycles. The molecule has 1 heterocycles. The molecule has 0 amide bonds. The highest BCUT2D eigenvalue weighted by atomic mass is 19.4. The molecule has 1 aliphatic carbocycles. The van der Waals surface area contributed by atoms with Gasteiger partial charge in [-0.25, -0.2) is 4.98 Å².